The van der Waals surface area contributed by atoms with Gasteiger partial charge in [0.25, 0.3) is 5.91 Å². The van der Waals surface area contributed by atoms with Crippen LogP contribution in [0.3, 0.4) is 0 Å². The molecule has 130 valence electrons. The lowest BCUT2D eigenvalue weighted by Gasteiger charge is -2.12. The third kappa shape index (κ3) is 3.43. The summed E-state index contributed by atoms with van der Waals surface area (Å²) in [5, 5.41) is 2.78. The molecule has 0 radical (unpaired) electrons. The molecule has 3 rings (SSSR count). The van der Waals surface area contributed by atoms with Crippen LogP contribution in [0.4, 0.5) is 18.9 Å². The van der Waals surface area contributed by atoms with E-state index in [1.54, 1.807) is 19.1 Å². The van der Waals surface area contributed by atoms with E-state index < -0.39 is 17.6 Å². The van der Waals surface area contributed by atoms with E-state index in [1.165, 1.54) is 10.6 Å². The number of aryl methyl sites for hydroxylation is 1. The van der Waals surface area contributed by atoms with Gasteiger partial charge in [-0.1, -0.05) is 23.2 Å². The van der Waals surface area contributed by atoms with Crippen LogP contribution in [-0.2, 0) is 6.18 Å². The molecule has 0 atom stereocenters. The van der Waals surface area contributed by atoms with Crippen LogP contribution in [0.5, 0.6) is 0 Å². The molecular weight excluding hydrogens is 378 g/mol. The number of nitrogens with zero attached hydrogens (tertiary/aromatic N) is 2. The summed E-state index contributed by atoms with van der Waals surface area (Å²) in [4.78, 5) is 16.8. The number of aromatic nitrogens is 2. The highest BCUT2D eigenvalue weighted by Crippen LogP contribution is 2.34. The summed E-state index contributed by atoms with van der Waals surface area (Å²) in [6.45, 7) is 1.61. The van der Waals surface area contributed by atoms with Crippen LogP contribution in [0.1, 0.15) is 21.7 Å². The molecular formula is C16H10Cl2F3N3O. The summed E-state index contributed by atoms with van der Waals surface area (Å²) in [6.07, 6.45) is -3.05. The van der Waals surface area contributed by atoms with Gasteiger partial charge in [0.2, 0.25) is 0 Å². The minimum absolute atomic E-state index is 0.00847. The quantitative estimate of drug-likeness (QED) is 0.654. The molecule has 1 N–H and O–H groups in total. The van der Waals surface area contributed by atoms with Crippen molar-refractivity contribution in [2.75, 3.05) is 5.32 Å². The number of hydrogen-bond donors (Lipinski definition) is 1. The van der Waals surface area contributed by atoms with Crippen molar-refractivity contribution in [3.8, 4) is 0 Å². The highest BCUT2D eigenvalue weighted by molar-refractivity contribution is 6.34. The molecule has 25 heavy (non-hydrogen) atoms. The average molecular weight is 388 g/mol. The Morgan fingerprint density at radius 3 is 2.60 bits per heavy atom. The van der Waals surface area contributed by atoms with Crippen molar-refractivity contribution < 1.29 is 18.0 Å². The third-order valence-corrected chi connectivity index (χ3v) is 4.07. The minimum atomic E-state index is -4.54. The standard InChI is InChI=1S/C16H10Cl2F3N3O/c1-8-14(24-7-10(17)3-5-13(24)22-8)15(25)23-12-6-9(16(19,20)21)2-4-11(12)18/h2-7H,1H3,(H,23,25). The van der Waals surface area contributed by atoms with Crippen molar-refractivity contribution in [3.05, 3.63) is 63.5 Å². The molecule has 0 aliphatic carbocycles. The lowest BCUT2D eigenvalue weighted by Crippen LogP contribution is -2.16. The van der Waals surface area contributed by atoms with E-state index in [0.29, 0.717) is 16.4 Å². The van der Waals surface area contributed by atoms with Crippen LogP contribution >= 0.6 is 23.2 Å². The average Bonchev–Trinajstić information content (AvgIpc) is 2.83. The van der Waals surface area contributed by atoms with Crippen LogP contribution < -0.4 is 5.32 Å². The summed E-state index contributed by atoms with van der Waals surface area (Å²) >= 11 is 11.8. The van der Waals surface area contributed by atoms with Gasteiger partial charge in [-0.25, -0.2) is 4.98 Å². The van der Waals surface area contributed by atoms with E-state index in [2.05, 4.69) is 10.3 Å². The summed E-state index contributed by atoms with van der Waals surface area (Å²) in [5.74, 6) is -0.645. The normalized spacial score (nSPS) is 11.8. The molecule has 0 saturated heterocycles. The summed E-state index contributed by atoms with van der Waals surface area (Å²) < 4.78 is 40.0. The van der Waals surface area contributed by atoms with Crippen molar-refractivity contribution >= 4 is 40.4 Å². The van der Waals surface area contributed by atoms with E-state index in [-0.39, 0.29) is 16.4 Å². The second-order valence-electron chi connectivity index (χ2n) is 5.27. The van der Waals surface area contributed by atoms with Crippen molar-refractivity contribution in [3.63, 3.8) is 0 Å². The van der Waals surface area contributed by atoms with Gasteiger partial charge in [0.1, 0.15) is 11.3 Å². The number of amides is 1. The Hall–Kier alpha value is -2.25. The van der Waals surface area contributed by atoms with Crippen molar-refractivity contribution in [1.82, 2.24) is 9.38 Å². The molecule has 0 bridgehead atoms. The monoisotopic (exact) mass is 387 g/mol. The number of pyridine rings is 1. The zero-order chi connectivity index (χ0) is 18.4. The van der Waals surface area contributed by atoms with E-state index in [1.807, 2.05) is 0 Å². The molecule has 1 aromatic carbocycles. The Morgan fingerprint density at radius 1 is 1.20 bits per heavy atom. The Balaban J connectivity index is 2.01. The molecule has 3 aromatic rings. The molecule has 0 unspecified atom stereocenters. The van der Waals surface area contributed by atoms with Gasteiger partial charge in [0.05, 0.1) is 27.0 Å². The molecule has 0 saturated carbocycles. The Kier molecular flexibility index (Phi) is 4.38. The van der Waals surface area contributed by atoms with Crippen LogP contribution in [0, 0.1) is 6.92 Å². The summed E-state index contributed by atoms with van der Waals surface area (Å²) in [6, 6.07) is 5.96. The van der Waals surface area contributed by atoms with Crippen LogP contribution in [0.2, 0.25) is 10.0 Å². The van der Waals surface area contributed by atoms with Crippen molar-refractivity contribution in [1.29, 1.82) is 0 Å². The summed E-state index contributed by atoms with van der Waals surface area (Å²) in [5.41, 5.74) is -0.000916. The number of anilines is 1. The van der Waals surface area contributed by atoms with Gasteiger partial charge in [-0.15, -0.1) is 0 Å². The smallest absolute Gasteiger partial charge is 0.319 e. The predicted molar refractivity (Wildman–Crippen MR) is 89.3 cm³/mol. The van der Waals surface area contributed by atoms with Crippen LogP contribution in [0.25, 0.3) is 5.65 Å². The number of carbonyl (C=O) groups is 1. The highest BCUT2D eigenvalue weighted by Gasteiger charge is 2.31. The maximum absolute atomic E-state index is 12.8. The maximum atomic E-state index is 12.8. The van der Waals surface area contributed by atoms with Gasteiger partial charge in [0, 0.05) is 6.20 Å². The third-order valence-electron chi connectivity index (χ3n) is 3.51. The summed E-state index contributed by atoms with van der Waals surface area (Å²) in [7, 11) is 0. The number of alkyl halides is 3. The van der Waals surface area contributed by atoms with E-state index in [0.717, 1.165) is 18.2 Å². The molecule has 2 heterocycles. The highest BCUT2D eigenvalue weighted by atomic mass is 35.5. The molecule has 0 fully saturated rings. The predicted octanol–water partition coefficient (Wildman–Crippen LogP) is 5.22. The minimum Gasteiger partial charge on any atom is -0.319 e. The Labute approximate surface area is 150 Å². The van der Waals surface area contributed by atoms with Gasteiger partial charge < -0.3 is 5.32 Å². The van der Waals surface area contributed by atoms with Gasteiger partial charge in [-0.05, 0) is 37.3 Å². The fourth-order valence-corrected chi connectivity index (χ4v) is 2.71. The van der Waals surface area contributed by atoms with E-state index >= 15 is 0 Å². The van der Waals surface area contributed by atoms with Crippen LogP contribution in [-0.4, -0.2) is 15.3 Å². The zero-order valence-corrected chi connectivity index (χ0v) is 14.2. The zero-order valence-electron chi connectivity index (χ0n) is 12.7. The first-order valence-corrected chi connectivity index (χ1v) is 7.74. The first-order chi connectivity index (χ1) is 11.7. The molecule has 0 aliphatic heterocycles. The molecule has 0 aliphatic rings. The molecule has 9 heteroatoms. The van der Waals surface area contributed by atoms with Crippen LogP contribution in [0.15, 0.2) is 36.5 Å². The van der Waals surface area contributed by atoms with Gasteiger partial charge in [-0.3, -0.25) is 9.20 Å². The fraction of sp³-hybridized carbons (Fsp3) is 0.125. The molecule has 1 amide bonds. The fourth-order valence-electron chi connectivity index (χ4n) is 2.39. The number of hydrogen-bond acceptors (Lipinski definition) is 2. The van der Waals surface area contributed by atoms with E-state index in [4.69, 9.17) is 23.2 Å². The molecule has 4 nitrogen and oxygen atoms in total. The largest absolute Gasteiger partial charge is 0.416 e. The second-order valence-corrected chi connectivity index (χ2v) is 6.11. The van der Waals surface area contributed by atoms with Crippen molar-refractivity contribution in [2.45, 2.75) is 13.1 Å². The topological polar surface area (TPSA) is 46.4 Å². The number of benzene rings is 1. The first-order valence-electron chi connectivity index (χ1n) is 6.99. The molecule has 2 aromatic heterocycles. The van der Waals surface area contributed by atoms with E-state index in [9.17, 15) is 18.0 Å². The van der Waals surface area contributed by atoms with Gasteiger partial charge in [-0.2, -0.15) is 13.2 Å². The van der Waals surface area contributed by atoms with Gasteiger partial charge in [0.15, 0.2) is 0 Å². The number of imidazole rings is 1. The van der Waals surface area contributed by atoms with Crippen molar-refractivity contribution in [2.24, 2.45) is 0 Å². The molecule has 0 spiro atoms. The Bertz CT molecular complexity index is 983. The van der Waals surface area contributed by atoms with Gasteiger partial charge >= 0.3 is 6.18 Å². The number of fused-ring (bicyclic) bond motifs is 1. The number of halogens is 5. The SMILES string of the molecule is Cc1nc2ccc(Cl)cn2c1C(=O)Nc1cc(C(F)(F)F)ccc1Cl. The lowest BCUT2D eigenvalue weighted by atomic mass is 10.2. The maximum Gasteiger partial charge on any atom is 0.416 e. The number of rotatable bonds is 2. The Morgan fingerprint density at radius 2 is 1.92 bits per heavy atom. The number of nitrogens with one attached hydrogen (secondary N) is 1. The number of carbonyl (C=O) groups excluding carboxylic acids is 1. The first kappa shape index (κ1) is 17.6. The second kappa shape index (κ2) is 6.24. The lowest BCUT2D eigenvalue weighted by molar-refractivity contribution is -0.137.